The molecular formula is C20H21N3O2S. The summed E-state index contributed by atoms with van der Waals surface area (Å²) in [6.07, 6.45) is 4.66. The Labute approximate surface area is 156 Å². The van der Waals surface area contributed by atoms with E-state index in [4.69, 9.17) is 4.74 Å². The number of fused-ring (bicyclic) bond motifs is 1. The predicted molar refractivity (Wildman–Crippen MR) is 102 cm³/mol. The standard InChI is InChI=1S/C20H21N3O2S/c24-18(13-25-19-17-8-11-26-20(17)22-14-21-19)23-9-6-16(7-10-23)12-15-4-2-1-3-5-15/h1-5,8,11,14,16H,6-7,9-10,12-13H2. The van der Waals surface area contributed by atoms with Gasteiger partial charge in [0.05, 0.1) is 5.39 Å². The monoisotopic (exact) mass is 367 g/mol. The van der Waals surface area contributed by atoms with Crippen molar-refractivity contribution in [3.05, 3.63) is 53.7 Å². The average molecular weight is 367 g/mol. The van der Waals surface area contributed by atoms with Gasteiger partial charge in [0, 0.05) is 13.1 Å². The Bertz CT molecular complexity index is 873. The average Bonchev–Trinajstić information content (AvgIpc) is 3.17. The fourth-order valence-corrected chi connectivity index (χ4v) is 4.16. The molecule has 1 aromatic carbocycles. The molecule has 1 aliphatic heterocycles. The van der Waals surface area contributed by atoms with Gasteiger partial charge in [0.15, 0.2) is 6.61 Å². The van der Waals surface area contributed by atoms with Gasteiger partial charge in [0.2, 0.25) is 5.88 Å². The molecule has 3 aromatic rings. The highest BCUT2D eigenvalue weighted by Gasteiger charge is 2.23. The van der Waals surface area contributed by atoms with E-state index in [9.17, 15) is 4.79 Å². The molecule has 0 aliphatic carbocycles. The van der Waals surface area contributed by atoms with Crippen molar-refractivity contribution in [1.29, 1.82) is 0 Å². The van der Waals surface area contributed by atoms with E-state index in [0.29, 0.717) is 11.8 Å². The Morgan fingerprint density at radius 2 is 1.96 bits per heavy atom. The number of benzene rings is 1. The minimum atomic E-state index is 0.0325. The lowest BCUT2D eigenvalue weighted by molar-refractivity contribution is -0.134. The van der Waals surface area contributed by atoms with Crippen LogP contribution >= 0.6 is 11.3 Å². The fourth-order valence-electron chi connectivity index (χ4n) is 3.44. The molecule has 0 spiro atoms. The Morgan fingerprint density at radius 1 is 1.15 bits per heavy atom. The molecule has 1 fully saturated rings. The fraction of sp³-hybridized carbons (Fsp3) is 0.350. The molecule has 0 N–H and O–H groups in total. The van der Waals surface area contributed by atoms with E-state index in [0.717, 1.165) is 42.6 Å². The minimum Gasteiger partial charge on any atom is -0.467 e. The van der Waals surface area contributed by atoms with Gasteiger partial charge in [0.25, 0.3) is 5.91 Å². The lowest BCUT2D eigenvalue weighted by Gasteiger charge is -2.32. The predicted octanol–water partition coefficient (Wildman–Crippen LogP) is 3.55. The van der Waals surface area contributed by atoms with Crippen molar-refractivity contribution in [2.45, 2.75) is 19.3 Å². The van der Waals surface area contributed by atoms with Crippen LogP contribution in [0.15, 0.2) is 48.1 Å². The number of nitrogens with zero attached hydrogens (tertiary/aromatic N) is 3. The Morgan fingerprint density at radius 3 is 2.77 bits per heavy atom. The summed E-state index contributed by atoms with van der Waals surface area (Å²) in [6, 6.07) is 12.5. The van der Waals surface area contributed by atoms with E-state index in [1.807, 2.05) is 22.4 Å². The highest BCUT2D eigenvalue weighted by Crippen LogP contribution is 2.26. The molecule has 0 atom stereocenters. The van der Waals surface area contributed by atoms with Crippen molar-refractivity contribution in [2.24, 2.45) is 5.92 Å². The Balaban J connectivity index is 1.28. The van der Waals surface area contributed by atoms with Crippen LogP contribution in [0.3, 0.4) is 0 Å². The number of hydrogen-bond acceptors (Lipinski definition) is 5. The first kappa shape index (κ1) is 17.0. The van der Waals surface area contributed by atoms with E-state index in [1.54, 1.807) is 0 Å². The molecule has 6 heteroatoms. The second-order valence-corrected chi connectivity index (χ2v) is 7.52. The first-order chi connectivity index (χ1) is 12.8. The number of piperidine rings is 1. The molecule has 1 saturated heterocycles. The third-order valence-corrected chi connectivity index (χ3v) is 5.71. The molecule has 4 rings (SSSR count). The number of thiophene rings is 1. The van der Waals surface area contributed by atoms with Crippen molar-refractivity contribution in [2.75, 3.05) is 19.7 Å². The number of carbonyl (C=O) groups is 1. The van der Waals surface area contributed by atoms with Gasteiger partial charge in [-0.25, -0.2) is 9.97 Å². The maximum Gasteiger partial charge on any atom is 0.260 e. The van der Waals surface area contributed by atoms with Crippen LogP contribution in [0.25, 0.3) is 10.2 Å². The van der Waals surface area contributed by atoms with Crippen molar-refractivity contribution < 1.29 is 9.53 Å². The van der Waals surface area contributed by atoms with Crippen LogP contribution in [-0.2, 0) is 11.2 Å². The molecule has 5 nitrogen and oxygen atoms in total. The SMILES string of the molecule is O=C(COc1ncnc2sccc12)N1CCC(Cc2ccccc2)CC1. The second-order valence-electron chi connectivity index (χ2n) is 6.62. The summed E-state index contributed by atoms with van der Waals surface area (Å²) in [5.41, 5.74) is 1.38. The van der Waals surface area contributed by atoms with Gasteiger partial charge >= 0.3 is 0 Å². The summed E-state index contributed by atoms with van der Waals surface area (Å²) in [4.78, 5) is 23.6. The first-order valence-corrected chi connectivity index (χ1v) is 9.80. The first-order valence-electron chi connectivity index (χ1n) is 8.92. The molecule has 1 aliphatic rings. The number of ether oxygens (including phenoxy) is 1. The number of rotatable bonds is 5. The van der Waals surface area contributed by atoms with Crippen LogP contribution in [0.5, 0.6) is 5.88 Å². The molecule has 2 aromatic heterocycles. The van der Waals surface area contributed by atoms with Crippen LogP contribution in [-0.4, -0.2) is 40.5 Å². The van der Waals surface area contributed by atoms with Crippen molar-refractivity contribution in [3.8, 4) is 5.88 Å². The van der Waals surface area contributed by atoms with E-state index in [1.165, 1.54) is 23.2 Å². The molecule has 0 saturated carbocycles. The third kappa shape index (κ3) is 3.85. The lowest BCUT2D eigenvalue weighted by atomic mass is 9.90. The van der Waals surface area contributed by atoms with Crippen LogP contribution in [0.2, 0.25) is 0 Å². The summed E-state index contributed by atoms with van der Waals surface area (Å²) in [7, 11) is 0. The van der Waals surface area contributed by atoms with Gasteiger partial charge in [-0.3, -0.25) is 4.79 Å². The topological polar surface area (TPSA) is 55.3 Å². The lowest BCUT2D eigenvalue weighted by Crippen LogP contribution is -2.41. The number of hydrogen-bond donors (Lipinski definition) is 0. The van der Waals surface area contributed by atoms with Gasteiger partial charge in [-0.05, 0) is 42.2 Å². The maximum atomic E-state index is 12.5. The number of likely N-dealkylation sites (tertiary alicyclic amines) is 1. The van der Waals surface area contributed by atoms with Gasteiger partial charge in [-0.1, -0.05) is 30.3 Å². The van der Waals surface area contributed by atoms with Crippen molar-refractivity contribution >= 4 is 27.5 Å². The Hall–Kier alpha value is -2.47. The van der Waals surface area contributed by atoms with E-state index in [-0.39, 0.29) is 12.5 Å². The van der Waals surface area contributed by atoms with E-state index in [2.05, 4.69) is 34.2 Å². The number of aromatic nitrogens is 2. The molecule has 134 valence electrons. The zero-order valence-corrected chi connectivity index (χ0v) is 15.3. The molecule has 1 amide bonds. The number of carbonyl (C=O) groups excluding carboxylic acids is 1. The van der Waals surface area contributed by atoms with E-state index < -0.39 is 0 Å². The van der Waals surface area contributed by atoms with Crippen molar-refractivity contribution in [1.82, 2.24) is 14.9 Å². The van der Waals surface area contributed by atoms with Crippen LogP contribution in [0.4, 0.5) is 0 Å². The maximum absolute atomic E-state index is 12.5. The molecule has 0 bridgehead atoms. The van der Waals surface area contributed by atoms with Crippen LogP contribution < -0.4 is 4.74 Å². The van der Waals surface area contributed by atoms with Gasteiger partial charge < -0.3 is 9.64 Å². The summed E-state index contributed by atoms with van der Waals surface area (Å²) in [5.74, 6) is 1.17. The molecular weight excluding hydrogens is 346 g/mol. The molecule has 26 heavy (non-hydrogen) atoms. The molecule has 3 heterocycles. The largest absolute Gasteiger partial charge is 0.467 e. The summed E-state index contributed by atoms with van der Waals surface area (Å²) >= 11 is 1.54. The van der Waals surface area contributed by atoms with Gasteiger partial charge in [0.1, 0.15) is 11.2 Å². The third-order valence-electron chi connectivity index (χ3n) is 4.89. The molecule has 0 radical (unpaired) electrons. The smallest absolute Gasteiger partial charge is 0.260 e. The second kappa shape index (κ2) is 7.83. The molecule has 0 unspecified atom stereocenters. The zero-order valence-electron chi connectivity index (χ0n) is 14.5. The van der Waals surface area contributed by atoms with Crippen LogP contribution in [0, 0.1) is 5.92 Å². The van der Waals surface area contributed by atoms with Gasteiger partial charge in [-0.15, -0.1) is 11.3 Å². The Kier molecular flexibility index (Phi) is 5.11. The minimum absolute atomic E-state index is 0.0325. The van der Waals surface area contributed by atoms with E-state index >= 15 is 0 Å². The van der Waals surface area contributed by atoms with Crippen LogP contribution in [0.1, 0.15) is 18.4 Å². The zero-order chi connectivity index (χ0) is 17.8. The summed E-state index contributed by atoms with van der Waals surface area (Å²) in [6.45, 7) is 1.64. The highest BCUT2D eigenvalue weighted by atomic mass is 32.1. The highest BCUT2D eigenvalue weighted by molar-refractivity contribution is 7.16. The van der Waals surface area contributed by atoms with Gasteiger partial charge in [-0.2, -0.15) is 0 Å². The quantitative estimate of drug-likeness (QED) is 0.692. The summed E-state index contributed by atoms with van der Waals surface area (Å²) in [5, 5.41) is 2.82. The summed E-state index contributed by atoms with van der Waals surface area (Å²) < 4.78 is 5.68. The normalized spacial score (nSPS) is 15.3. The number of amides is 1. The van der Waals surface area contributed by atoms with Crippen molar-refractivity contribution in [3.63, 3.8) is 0 Å².